The molecule has 1 aromatic carbocycles. The highest BCUT2D eigenvalue weighted by atomic mass is 19.1. The molecule has 2 aromatic heterocycles. The third-order valence-corrected chi connectivity index (χ3v) is 6.48. The lowest BCUT2D eigenvalue weighted by Gasteiger charge is -2.46. The fraction of sp³-hybridized carbons (Fsp3) is 0.480. The lowest BCUT2D eigenvalue weighted by Crippen LogP contribution is -2.60. The number of hydrogen-bond donors (Lipinski definition) is 3. The van der Waals surface area contributed by atoms with Crippen LogP contribution in [0.1, 0.15) is 37.6 Å². The number of methoxy groups -OCH3 is 1. The number of nitrogens with one attached hydrogen (secondary N) is 2. The molecule has 0 saturated heterocycles. The Balaban J connectivity index is 1.46. The third-order valence-electron chi connectivity index (χ3n) is 6.48. The Bertz CT molecular complexity index is 1240. The second-order valence-corrected chi connectivity index (χ2v) is 9.51. The van der Waals surface area contributed by atoms with Crippen LogP contribution in [-0.2, 0) is 17.8 Å². The number of aliphatic hydroxyl groups is 1. The van der Waals surface area contributed by atoms with Crippen molar-refractivity contribution in [1.29, 1.82) is 0 Å². The Hall–Kier alpha value is -3.51. The number of nitrogens with zero attached hydrogens (tertiary/aromatic N) is 5. The number of halogens is 2. The zero-order valence-electron chi connectivity index (χ0n) is 21.8. The monoisotopic (exact) mass is 517 g/mol. The number of ether oxygens (including phenoxy) is 2. The average molecular weight is 518 g/mol. The van der Waals surface area contributed by atoms with Crippen molar-refractivity contribution in [2.45, 2.75) is 58.7 Å². The molecule has 3 aromatic rings. The molecule has 1 unspecified atom stereocenters. The van der Waals surface area contributed by atoms with Gasteiger partial charge >= 0.3 is 0 Å². The molecular formula is C25H33F2N7O3. The molecule has 0 radical (unpaired) electrons. The van der Waals surface area contributed by atoms with Crippen LogP contribution in [0.5, 0.6) is 5.75 Å². The molecule has 12 heteroatoms. The molecule has 3 heterocycles. The number of benzene rings is 1. The summed E-state index contributed by atoms with van der Waals surface area (Å²) in [5.41, 5.74) is 1.97. The lowest BCUT2D eigenvalue weighted by atomic mass is 9.93. The van der Waals surface area contributed by atoms with E-state index in [0.29, 0.717) is 35.3 Å². The minimum atomic E-state index is -0.864. The van der Waals surface area contributed by atoms with Crippen LogP contribution in [0, 0.1) is 18.6 Å². The summed E-state index contributed by atoms with van der Waals surface area (Å²) in [6, 6.07) is 2.11. The van der Waals surface area contributed by atoms with E-state index in [2.05, 4.69) is 25.7 Å². The number of likely N-dealkylation sites (N-methyl/N-ethyl adjacent to an activating group) is 1. The normalized spacial score (nSPS) is 17.4. The van der Waals surface area contributed by atoms with Crippen LogP contribution in [0.4, 0.5) is 26.2 Å². The number of rotatable bonds is 9. The second-order valence-electron chi connectivity index (χ2n) is 9.51. The summed E-state index contributed by atoms with van der Waals surface area (Å²) in [5, 5.41) is 21.3. The van der Waals surface area contributed by atoms with Gasteiger partial charge in [-0.05, 0) is 45.4 Å². The van der Waals surface area contributed by atoms with E-state index >= 15 is 0 Å². The first kappa shape index (κ1) is 26.6. The van der Waals surface area contributed by atoms with Gasteiger partial charge in [0.25, 0.3) is 0 Å². The van der Waals surface area contributed by atoms with Gasteiger partial charge in [0.05, 0.1) is 30.6 Å². The van der Waals surface area contributed by atoms with E-state index in [9.17, 15) is 13.9 Å². The van der Waals surface area contributed by atoms with E-state index in [1.807, 2.05) is 32.7 Å². The fourth-order valence-corrected chi connectivity index (χ4v) is 4.54. The molecule has 3 N–H and O–H groups in total. The molecule has 0 spiro atoms. The van der Waals surface area contributed by atoms with Gasteiger partial charge in [0.2, 0.25) is 5.95 Å². The van der Waals surface area contributed by atoms with Crippen LogP contribution in [0.2, 0.25) is 0 Å². The Labute approximate surface area is 214 Å². The first-order valence-corrected chi connectivity index (χ1v) is 12.0. The van der Waals surface area contributed by atoms with Crippen LogP contribution in [-0.4, -0.2) is 63.5 Å². The summed E-state index contributed by atoms with van der Waals surface area (Å²) in [6.07, 6.45) is 2.59. The van der Waals surface area contributed by atoms with Crippen molar-refractivity contribution in [3.63, 3.8) is 0 Å². The topological polar surface area (TPSA) is 110 Å². The Kier molecular flexibility index (Phi) is 7.51. The SMILES string of the molecule is CCOc1c(F)cc(Cn2cc(CNc3nc(C)c4c(n3)N(C)[C@@H](C(C)(C)OC)C(O)N4)cn2)cc1F. The molecule has 10 nitrogen and oxygen atoms in total. The van der Waals surface area contributed by atoms with Crippen molar-refractivity contribution in [3.05, 3.63) is 53.0 Å². The third kappa shape index (κ3) is 5.44. The molecule has 0 saturated carbocycles. The predicted octanol–water partition coefficient (Wildman–Crippen LogP) is 3.29. The van der Waals surface area contributed by atoms with E-state index < -0.39 is 23.5 Å². The van der Waals surface area contributed by atoms with E-state index in [-0.39, 0.29) is 24.9 Å². The fourth-order valence-electron chi connectivity index (χ4n) is 4.54. The highest BCUT2D eigenvalue weighted by Gasteiger charge is 2.43. The number of aryl methyl sites for hydroxylation is 1. The number of anilines is 3. The molecule has 2 atom stereocenters. The van der Waals surface area contributed by atoms with Gasteiger partial charge in [-0.2, -0.15) is 10.1 Å². The molecule has 0 fully saturated rings. The lowest BCUT2D eigenvalue weighted by molar-refractivity contribution is -0.0348. The van der Waals surface area contributed by atoms with Gasteiger partial charge in [-0.25, -0.2) is 13.8 Å². The van der Waals surface area contributed by atoms with E-state index in [1.54, 1.807) is 31.1 Å². The average Bonchev–Trinajstić information content (AvgIpc) is 3.28. The first-order chi connectivity index (χ1) is 17.5. The van der Waals surface area contributed by atoms with Gasteiger partial charge in [-0.1, -0.05) is 0 Å². The molecule has 4 rings (SSSR count). The van der Waals surface area contributed by atoms with Crippen molar-refractivity contribution in [2.24, 2.45) is 0 Å². The summed E-state index contributed by atoms with van der Waals surface area (Å²) >= 11 is 0. The maximum atomic E-state index is 14.2. The maximum absolute atomic E-state index is 14.2. The summed E-state index contributed by atoms with van der Waals surface area (Å²) in [5.74, 6) is -0.795. The summed E-state index contributed by atoms with van der Waals surface area (Å²) in [4.78, 5) is 11.1. The van der Waals surface area contributed by atoms with Crippen LogP contribution in [0.25, 0.3) is 0 Å². The van der Waals surface area contributed by atoms with Crippen molar-refractivity contribution in [3.8, 4) is 5.75 Å². The van der Waals surface area contributed by atoms with Crippen molar-refractivity contribution in [1.82, 2.24) is 19.7 Å². The Morgan fingerprint density at radius 2 is 1.89 bits per heavy atom. The maximum Gasteiger partial charge on any atom is 0.225 e. The molecule has 0 amide bonds. The largest absolute Gasteiger partial charge is 0.488 e. The minimum absolute atomic E-state index is 0.177. The molecular weight excluding hydrogens is 484 g/mol. The predicted molar refractivity (Wildman–Crippen MR) is 136 cm³/mol. The molecule has 0 bridgehead atoms. The van der Waals surface area contributed by atoms with Crippen LogP contribution < -0.4 is 20.3 Å². The number of aliphatic hydroxyl groups excluding tert-OH is 1. The first-order valence-electron chi connectivity index (χ1n) is 12.0. The molecule has 0 aliphatic carbocycles. The van der Waals surface area contributed by atoms with Gasteiger partial charge in [-0.3, -0.25) is 4.68 Å². The van der Waals surface area contributed by atoms with E-state index in [1.165, 1.54) is 12.1 Å². The van der Waals surface area contributed by atoms with Crippen molar-refractivity contribution >= 4 is 17.5 Å². The smallest absolute Gasteiger partial charge is 0.225 e. The van der Waals surface area contributed by atoms with E-state index in [0.717, 1.165) is 5.56 Å². The highest BCUT2D eigenvalue weighted by molar-refractivity contribution is 5.72. The zero-order chi connectivity index (χ0) is 26.9. The van der Waals surface area contributed by atoms with Gasteiger partial charge in [0.15, 0.2) is 23.2 Å². The Morgan fingerprint density at radius 1 is 1.19 bits per heavy atom. The van der Waals surface area contributed by atoms with Crippen LogP contribution in [0.3, 0.4) is 0 Å². The van der Waals surface area contributed by atoms with Gasteiger partial charge in [0.1, 0.15) is 18.0 Å². The van der Waals surface area contributed by atoms with Crippen LogP contribution >= 0.6 is 0 Å². The minimum Gasteiger partial charge on any atom is -0.488 e. The second kappa shape index (κ2) is 10.5. The summed E-state index contributed by atoms with van der Waals surface area (Å²) < 4.78 is 40.6. The molecule has 1 aliphatic rings. The van der Waals surface area contributed by atoms with E-state index in [4.69, 9.17) is 9.47 Å². The van der Waals surface area contributed by atoms with Gasteiger partial charge in [-0.15, -0.1) is 0 Å². The molecule has 37 heavy (non-hydrogen) atoms. The van der Waals surface area contributed by atoms with Crippen LogP contribution in [0.15, 0.2) is 24.5 Å². The summed E-state index contributed by atoms with van der Waals surface area (Å²) in [6.45, 7) is 8.09. The zero-order valence-corrected chi connectivity index (χ0v) is 21.8. The number of aromatic nitrogens is 4. The Morgan fingerprint density at radius 3 is 2.54 bits per heavy atom. The standard InChI is InChI=1S/C25H33F2N7O3/c1-7-37-20-17(26)8-15(9-18(20)27)12-34-13-16(11-29-34)10-28-24-30-14(2)19-22(32-24)33(5)21(23(35)31-19)25(3,4)36-6/h8-9,11,13,21,23,31,35H,7,10,12H2,1-6H3,(H,28,30,32)/t21-,23?/m1/s1. The van der Waals surface area contributed by atoms with Crippen molar-refractivity contribution < 1.29 is 23.4 Å². The van der Waals surface area contributed by atoms with Gasteiger partial charge in [0, 0.05) is 32.5 Å². The number of fused-ring (bicyclic) bond motifs is 1. The van der Waals surface area contributed by atoms with Crippen molar-refractivity contribution in [2.75, 3.05) is 36.3 Å². The van der Waals surface area contributed by atoms with Gasteiger partial charge < -0.3 is 30.1 Å². The number of hydrogen-bond acceptors (Lipinski definition) is 9. The molecule has 200 valence electrons. The molecule has 1 aliphatic heterocycles. The summed E-state index contributed by atoms with van der Waals surface area (Å²) in [7, 11) is 3.47. The quantitative estimate of drug-likeness (QED) is 0.394. The highest BCUT2D eigenvalue weighted by Crippen LogP contribution is 2.37.